The molecule has 1 atom stereocenters. The van der Waals surface area contributed by atoms with Crippen molar-refractivity contribution < 1.29 is 14.3 Å². The minimum atomic E-state index is -0.610. The summed E-state index contributed by atoms with van der Waals surface area (Å²) in [6.07, 6.45) is -0.610. The Morgan fingerprint density at radius 2 is 1.95 bits per heavy atom. The van der Waals surface area contributed by atoms with Crippen LogP contribution in [0.25, 0.3) is 0 Å². The highest BCUT2D eigenvalue weighted by Gasteiger charge is 2.17. The smallest absolute Gasteiger partial charge is 0.346 e. The van der Waals surface area contributed by atoms with Gasteiger partial charge in [-0.3, -0.25) is 0 Å². The third kappa shape index (κ3) is 5.30. The third-order valence-corrected chi connectivity index (χ3v) is 2.62. The molecule has 0 saturated heterocycles. The van der Waals surface area contributed by atoms with Crippen LogP contribution in [0.4, 0.5) is 0 Å². The lowest BCUT2D eigenvalue weighted by Crippen LogP contribution is -2.35. The van der Waals surface area contributed by atoms with E-state index in [1.807, 2.05) is 24.3 Å². The number of methoxy groups -OCH3 is 1. The first-order valence-corrected chi connectivity index (χ1v) is 6.41. The van der Waals surface area contributed by atoms with Gasteiger partial charge < -0.3 is 14.8 Å². The second-order valence-corrected chi connectivity index (χ2v) is 5.49. The van der Waals surface area contributed by atoms with Crippen molar-refractivity contribution in [3.8, 4) is 5.75 Å². The number of hydrogen-bond acceptors (Lipinski definition) is 4. The summed E-state index contributed by atoms with van der Waals surface area (Å²) in [5.41, 5.74) is 1.05. The van der Waals surface area contributed by atoms with Crippen LogP contribution in [0.5, 0.6) is 5.75 Å². The highest BCUT2D eigenvalue weighted by atomic mass is 16.6. The van der Waals surface area contributed by atoms with Gasteiger partial charge in [-0.25, -0.2) is 4.79 Å². The number of benzene rings is 1. The number of hydrogen-bond donors (Lipinski definition) is 1. The second-order valence-electron chi connectivity index (χ2n) is 5.49. The molecule has 0 aliphatic heterocycles. The van der Waals surface area contributed by atoms with Crippen LogP contribution in [-0.4, -0.2) is 24.7 Å². The first-order chi connectivity index (χ1) is 8.83. The van der Waals surface area contributed by atoms with Gasteiger partial charge in [-0.2, -0.15) is 0 Å². The first kappa shape index (κ1) is 15.5. The average Bonchev–Trinajstić information content (AvgIpc) is 2.35. The molecule has 0 bridgehead atoms. The van der Waals surface area contributed by atoms with Crippen molar-refractivity contribution in [3.63, 3.8) is 0 Å². The van der Waals surface area contributed by atoms with Crippen molar-refractivity contribution in [2.24, 2.45) is 0 Å². The van der Waals surface area contributed by atoms with Gasteiger partial charge in [0.15, 0.2) is 6.10 Å². The molecule has 1 rings (SSSR count). The summed E-state index contributed by atoms with van der Waals surface area (Å²) >= 11 is 0. The highest BCUT2D eigenvalue weighted by molar-refractivity contribution is 5.74. The van der Waals surface area contributed by atoms with Crippen molar-refractivity contribution in [2.45, 2.75) is 45.9 Å². The normalized spacial score (nSPS) is 12.9. The zero-order chi connectivity index (χ0) is 14.5. The molecule has 1 aromatic rings. The predicted octanol–water partition coefficient (Wildman–Crippen LogP) is 2.52. The van der Waals surface area contributed by atoms with Crippen molar-refractivity contribution in [2.75, 3.05) is 7.11 Å². The number of nitrogens with one attached hydrogen (secondary N) is 1. The molecule has 0 aliphatic rings. The van der Waals surface area contributed by atoms with E-state index in [1.54, 1.807) is 6.92 Å². The Kier molecular flexibility index (Phi) is 5.36. The molecular weight excluding hydrogens is 242 g/mol. The fraction of sp³-hybridized carbons (Fsp3) is 0.533. The van der Waals surface area contributed by atoms with Gasteiger partial charge in [0.1, 0.15) is 5.75 Å². The van der Waals surface area contributed by atoms with Crippen LogP contribution in [0.2, 0.25) is 0 Å². The lowest BCUT2D eigenvalue weighted by atomic mass is 10.1. The summed E-state index contributed by atoms with van der Waals surface area (Å²) in [5.74, 6) is 0.329. The van der Waals surface area contributed by atoms with E-state index in [0.29, 0.717) is 12.3 Å². The van der Waals surface area contributed by atoms with Crippen molar-refractivity contribution in [3.05, 3.63) is 29.8 Å². The van der Waals surface area contributed by atoms with E-state index in [9.17, 15) is 4.79 Å². The molecule has 0 heterocycles. The Bertz CT molecular complexity index is 424. The van der Waals surface area contributed by atoms with Crippen LogP contribution < -0.4 is 10.1 Å². The Morgan fingerprint density at radius 3 is 2.53 bits per heavy atom. The number of rotatable bonds is 5. The van der Waals surface area contributed by atoms with Gasteiger partial charge in [-0.15, -0.1) is 0 Å². The van der Waals surface area contributed by atoms with E-state index in [2.05, 4.69) is 30.8 Å². The molecule has 0 aliphatic carbocycles. The average molecular weight is 265 g/mol. The number of carbonyl (C=O) groups is 1. The Balaban J connectivity index is 2.75. The first-order valence-electron chi connectivity index (χ1n) is 6.41. The minimum absolute atomic E-state index is 0.0288. The number of esters is 1. The summed E-state index contributed by atoms with van der Waals surface area (Å²) in [7, 11) is 1.36. The summed E-state index contributed by atoms with van der Waals surface area (Å²) in [5, 5.41) is 3.40. The molecule has 1 unspecified atom stereocenters. The zero-order valence-electron chi connectivity index (χ0n) is 12.3. The zero-order valence-corrected chi connectivity index (χ0v) is 12.3. The third-order valence-electron chi connectivity index (χ3n) is 2.62. The van der Waals surface area contributed by atoms with E-state index < -0.39 is 6.10 Å². The molecule has 0 radical (unpaired) electrons. The molecule has 106 valence electrons. The van der Waals surface area contributed by atoms with Gasteiger partial charge in [-0.05, 0) is 33.8 Å². The molecule has 1 N–H and O–H groups in total. The molecule has 0 spiro atoms. The van der Waals surface area contributed by atoms with Gasteiger partial charge in [0, 0.05) is 17.6 Å². The second kappa shape index (κ2) is 6.57. The summed E-state index contributed by atoms with van der Waals surface area (Å²) in [6.45, 7) is 8.68. The summed E-state index contributed by atoms with van der Waals surface area (Å²) < 4.78 is 10.3. The topological polar surface area (TPSA) is 47.6 Å². The van der Waals surface area contributed by atoms with Crippen LogP contribution in [0.3, 0.4) is 0 Å². The predicted molar refractivity (Wildman–Crippen MR) is 75.1 cm³/mol. The van der Waals surface area contributed by atoms with Gasteiger partial charge in [0.25, 0.3) is 0 Å². The van der Waals surface area contributed by atoms with E-state index in [1.165, 1.54) is 7.11 Å². The number of carbonyl (C=O) groups excluding carboxylic acids is 1. The maximum atomic E-state index is 11.4. The van der Waals surface area contributed by atoms with E-state index >= 15 is 0 Å². The monoisotopic (exact) mass is 265 g/mol. The van der Waals surface area contributed by atoms with Crippen LogP contribution in [0.15, 0.2) is 24.3 Å². The molecule has 0 fully saturated rings. The standard InChI is InChI=1S/C15H23NO3/c1-11(14(17)18-5)19-13-9-7-6-8-12(13)10-16-15(2,3)4/h6-9,11,16H,10H2,1-5H3. The Labute approximate surface area is 115 Å². The SMILES string of the molecule is COC(=O)C(C)Oc1ccccc1CNC(C)(C)C. The maximum Gasteiger partial charge on any atom is 0.346 e. The van der Waals surface area contributed by atoms with Crippen molar-refractivity contribution >= 4 is 5.97 Å². The fourth-order valence-electron chi connectivity index (χ4n) is 1.53. The van der Waals surface area contributed by atoms with E-state index in [4.69, 9.17) is 4.74 Å². The highest BCUT2D eigenvalue weighted by Crippen LogP contribution is 2.20. The molecule has 0 amide bonds. The Hall–Kier alpha value is -1.55. The Morgan fingerprint density at radius 1 is 1.32 bits per heavy atom. The van der Waals surface area contributed by atoms with Crippen LogP contribution in [0, 0.1) is 0 Å². The molecule has 4 nitrogen and oxygen atoms in total. The minimum Gasteiger partial charge on any atom is -0.479 e. The molecule has 1 aromatic carbocycles. The molecule has 19 heavy (non-hydrogen) atoms. The van der Waals surface area contributed by atoms with Gasteiger partial charge in [0.2, 0.25) is 0 Å². The van der Waals surface area contributed by atoms with E-state index in [0.717, 1.165) is 5.56 Å². The van der Waals surface area contributed by atoms with Crippen LogP contribution >= 0.6 is 0 Å². The lowest BCUT2D eigenvalue weighted by Gasteiger charge is -2.22. The van der Waals surface area contributed by atoms with Crippen molar-refractivity contribution in [1.29, 1.82) is 0 Å². The van der Waals surface area contributed by atoms with Crippen LogP contribution in [-0.2, 0) is 16.1 Å². The van der Waals surface area contributed by atoms with Gasteiger partial charge >= 0.3 is 5.97 Å². The quantitative estimate of drug-likeness (QED) is 0.831. The molecular formula is C15H23NO3. The van der Waals surface area contributed by atoms with E-state index in [-0.39, 0.29) is 11.5 Å². The van der Waals surface area contributed by atoms with Crippen molar-refractivity contribution in [1.82, 2.24) is 5.32 Å². The van der Waals surface area contributed by atoms with Gasteiger partial charge in [-0.1, -0.05) is 18.2 Å². The summed E-state index contributed by atoms with van der Waals surface area (Å²) in [6, 6.07) is 7.69. The molecule has 0 saturated carbocycles. The molecule has 0 aromatic heterocycles. The number of ether oxygens (including phenoxy) is 2. The largest absolute Gasteiger partial charge is 0.479 e. The lowest BCUT2D eigenvalue weighted by molar-refractivity contribution is -0.147. The van der Waals surface area contributed by atoms with Gasteiger partial charge in [0.05, 0.1) is 7.11 Å². The van der Waals surface area contributed by atoms with Crippen LogP contribution in [0.1, 0.15) is 33.3 Å². The fourth-order valence-corrected chi connectivity index (χ4v) is 1.53. The summed E-state index contributed by atoms with van der Waals surface area (Å²) in [4.78, 5) is 11.4. The maximum absolute atomic E-state index is 11.4. The molecule has 4 heteroatoms. The number of para-hydroxylation sites is 1.